The number of aromatic nitrogens is 3. The van der Waals surface area contributed by atoms with Crippen molar-refractivity contribution in [3.05, 3.63) is 38.2 Å². The fraction of sp³-hybridized carbons (Fsp3) is 0.400. The minimum absolute atomic E-state index is 0.229. The molecule has 0 amide bonds. The molecule has 0 aliphatic heterocycles. The first-order chi connectivity index (χ1) is 10.5. The van der Waals surface area contributed by atoms with Gasteiger partial charge in [-0.1, -0.05) is 5.16 Å². The van der Waals surface area contributed by atoms with E-state index >= 15 is 0 Å². The summed E-state index contributed by atoms with van der Waals surface area (Å²) < 4.78 is 5.30. The molecule has 3 rings (SSSR count). The molecule has 0 saturated carbocycles. The maximum Gasteiger partial charge on any atom is 0.258 e. The maximum absolute atomic E-state index is 5.30. The minimum Gasteiger partial charge on any atom is -0.334 e. The van der Waals surface area contributed by atoms with Gasteiger partial charge in [0.15, 0.2) is 5.82 Å². The van der Waals surface area contributed by atoms with Crippen molar-refractivity contribution in [2.75, 3.05) is 0 Å². The van der Waals surface area contributed by atoms with Gasteiger partial charge >= 0.3 is 0 Å². The molecule has 0 radical (unpaired) electrons. The minimum atomic E-state index is -0.229. The molecule has 0 unspecified atom stereocenters. The van der Waals surface area contributed by atoms with Crippen LogP contribution in [0.1, 0.15) is 35.3 Å². The predicted octanol–water partition coefficient (Wildman–Crippen LogP) is 3.90. The van der Waals surface area contributed by atoms with Gasteiger partial charge in [-0.15, -0.1) is 11.3 Å². The predicted molar refractivity (Wildman–Crippen MR) is 89.1 cm³/mol. The van der Waals surface area contributed by atoms with Gasteiger partial charge in [-0.3, -0.25) is 5.32 Å². The van der Waals surface area contributed by atoms with E-state index in [0.29, 0.717) is 18.3 Å². The number of nitrogens with zero attached hydrogens (tertiary/aromatic N) is 3. The Morgan fingerprint density at radius 3 is 2.73 bits per heavy atom. The summed E-state index contributed by atoms with van der Waals surface area (Å²) in [6.07, 6.45) is 0. The lowest BCUT2D eigenvalue weighted by Crippen LogP contribution is -2.36. The zero-order valence-electron chi connectivity index (χ0n) is 13.0. The van der Waals surface area contributed by atoms with Crippen LogP contribution >= 0.6 is 22.7 Å². The average molecular weight is 334 g/mol. The van der Waals surface area contributed by atoms with E-state index in [-0.39, 0.29) is 5.54 Å². The Balaban J connectivity index is 1.69. The number of hydrogen-bond acceptors (Lipinski definition) is 7. The first-order valence-corrected chi connectivity index (χ1v) is 8.76. The van der Waals surface area contributed by atoms with Crippen molar-refractivity contribution in [1.29, 1.82) is 0 Å². The van der Waals surface area contributed by atoms with Crippen molar-refractivity contribution in [3.8, 4) is 11.5 Å². The third-order valence-electron chi connectivity index (χ3n) is 3.49. The Hall–Kier alpha value is -1.57. The molecule has 0 spiro atoms. The zero-order chi connectivity index (χ0) is 15.7. The lowest BCUT2D eigenvalue weighted by Gasteiger charge is -2.22. The molecule has 22 heavy (non-hydrogen) atoms. The molecule has 3 aromatic rings. The van der Waals surface area contributed by atoms with Gasteiger partial charge in [-0.25, -0.2) is 4.98 Å². The van der Waals surface area contributed by atoms with Crippen LogP contribution in [0.25, 0.3) is 11.5 Å². The van der Waals surface area contributed by atoms with E-state index < -0.39 is 0 Å². The zero-order valence-corrected chi connectivity index (χ0v) is 14.6. The Morgan fingerprint density at radius 1 is 1.27 bits per heavy atom. The van der Waals surface area contributed by atoms with Crippen LogP contribution in [0.2, 0.25) is 0 Å². The van der Waals surface area contributed by atoms with Crippen molar-refractivity contribution in [3.63, 3.8) is 0 Å². The second-order valence-electron chi connectivity index (χ2n) is 5.67. The molecule has 0 saturated heterocycles. The SMILES string of the molecule is Cc1nc(C(C)(C)NCc2noc(-c3ccsc3)n2)sc1C. The third kappa shape index (κ3) is 3.11. The summed E-state index contributed by atoms with van der Waals surface area (Å²) in [5.74, 6) is 1.22. The molecule has 3 heterocycles. The Kier molecular flexibility index (Phi) is 4.12. The molecule has 0 aliphatic carbocycles. The monoisotopic (exact) mass is 334 g/mol. The van der Waals surface area contributed by atoms with Crippen molar-refractivity contribution < 1.29 is 4.52 Å². The van der Waals surface area contributed by atoms with Crippen LogP contribution in [0, 0.1) is 13.8 Å². The largest absolute Gasteiger partial charge is 0.334 e. The second-order valence-corrected chi connectivity index (χ2v) is 7.65. The van der Waals surface area contributed by atoms with Gasteiger partial charge in [0.25, 0.3) is 5.89 Å². The van der Waals surface area contributed by atoms with Crippen LogP contribution < -0.4 is 5.32 Å². The summed E-state index contributed by atoms with van der Waals surface area (Å²) in [5, 5.41) is 12.5. The number of aryl methyl sites for hydroxylation is 2. The molecule has 5 nitrogen and oxygen atoms in total. The standard InChI is InChI=1S/C15H18N4OS2/c1-9-10(2)22-14(17-9)15(3,4)16-7-12-18-13(20-19-12)11-5-6-21-8-11/h5-6,8,16H,7H2,1-4H3. The van der Waals surface area contributed by atoms with E-state index in [2.05, 4.69) is 41.2 Å². The van der Waals surface area contributed by atoms with Gasteiger partial charge in [-0.2, -0.15) is 16.3 Å². The molecule has 3 aromatic heterocycles. The smallest absolute Gasteiger partial charge is 0.258 e. The number of nitrogens with one attached hydrogen (secondary N) is 1. The molecular formula is C15H18N4OS2. The number of thiophene rings is 1. The Morgan fingerprint density at radius 2 is 2.09 bits per heavy atom. The quantitative estimate of drug-likeness (QED) is 0.767. The molecule has 0 atom stereocenters. The Labute approximate surface area is 137 Å². The molecule has 1 N–H and O–H groups in total. The van der Waals surface area contributed by atoms with E-state index in [1.54, 1.807) is 22.7 Å². The van der Waals surface area contributed by atoms with Gasteiger partial charge in [0.05, 0.1) is 23.3 Å². The third-order valence-corrected chi connectivity index (χ3v) is 5.57. The average Bonchev–Trinajstić information content (AvgIpc) is 3.18. The van der Waals surface area contributed by atoms with Crippen molar-refractivity contribution >= 4 is 22.7 Å². The van der Waals surface area contributed by atoms with Crippen LogP contribution in [0.4, 0.5) is 0 Å². The van der Waals surface area contributed by atoms with Crippen LogP contribution in [0.5, 0.6) is 0 Å². The summed E-state index contributed by atoms with van der Waals surface area (Å²) in [4.78, 5) is 10.3. The summed E-state index contributed by atoms with van der Waals surface area (Å²) in [6, 6.07) is 1.97. The fourth-order valence-corrected chi connectivity index (χ4v) is 3.57. The lowest BCUT2D eigenvalue weighted by atomic mass is 10.1. The summed E-state index contributed by atoms with van der Waals surface area (Å²) in [5.41, 5.74) is 1.83. The molecule has 0 bridgehead atoms. The summed E-state index contributed by atoms with van der Waals surface area (Å²) in [6.45, 7) is 8.91. The van der Waals surface area contributed by atoms with E-state index in [4.69, 9.17) is 4.52 Å². The lowest BCUT2D eigenvalue weighted by molar-refractivity contribution is 0.377. The Bertz CT molecular complexity index is 739. The van der Waals surface area contributed by atoms with Crippen molar-refractivity contribution in [1.82, 2.24) is 20.4 Å². The molecule has 0 fully saturated rings. The summed E-state index contributed by atoms with van der Waals surface area (Å²) >= 11 is 3.34. The molecule has 116 valence electrons. The molecular weight excluding hydrogens is 316 g/mol. The number of hydrogen-bond donors (Lipinski definition) is 1. The van der Waals surface area contributed by atoms with Crippen LogP contribution in [0.15, 0.2) is 21.3 Å². The van der Waals surface area contributed by atoms with E-state index in [1.807, 2.05) is 23.8 Å². The topological polar surface area (TPSA) is 63.8 Å². The van der Waals surface area contributed by atoms with Gasteiger partial charge in [0, 0.05) is 10.3 Å². The van der Waals surface area contributed by atoms with E-state index in [9.17, 15) is 0 Å². The van der Waals surface area contributed by atoms with E-state index in [1.165, 1.54) is 4.88 Å². The van der Waals surface area contributed by atoms with Crippen LogP contribution in [-0.4, -0.2) is 15.1 Å². The van der Waals surface area contributed by atoms with Crippen molar-refractivity contribution in [2.24, 2.45) is 0 Å². The van der Waals surface area contributed by atoms with Gasteiger partial charge in [-0.05, 0) is 39.1 Å². The van der Waals surface area contributed by atoms with Gasteiger partial charge in [0.1, 0.15) is 5.01 Å². The van der Waals surface area contributed by atoms with Crippen LogP contribution in [0.3, 0.4) is 0 Å². The molecule has 0 aromatic carbocycles. The molecule has 0 aliphatic rings. The maximum atomic E-state index is 5.30. The fourth-order valence-electron chi connectivity index (χ4n) is 1.94. The van der Waals surface area contributed by atoms with Gasteiger partial charge in [0.2, 0.25) is 0 Å². The first kappa shape index (κ1) is 15.3. The van der Waals surface area contributed by atoms with Crippen molar-refractivity contribution in [2.45, 2.75) is 39.8 Å². The highest BCUT2D eigenvalue weighted by atomic mass is 32.1. The normalized spacial score (nSPS) is 12.0. The second kappa shape index (κ2) is 5.91. The van der Waals surface area contributed by atoms with Crippen LogP contribution in [-0.2, 0) is 12.1 Å². The number of rotatable bonds is 5. The van der Waals surface area contributed by atoms with E-state index in [0.717, 1.165) is 16.3 Å². The first-order valence-electron chi connectivity index (χ1n) is 7.00. The summed E-state index contributed by atoms with van der Waals surface area (Å²) in [7, 11) is 0. The molecule has 7 heteroatoms. The number of thiazole rings is 1. The van der Waals surface area contributed by atoms with Gasteiger partial charge < -0.3 is 4.52 Å². The highest BCUT2D eigenvalue weighted by Gasteiger charge is 2.25. The highest BCUT2D eigenvalue weighted by Crippen LogP contribution is 2.27. The highest BCUT2D eigenvalue weighted by molar-refractivity contribution is 7.11.